The Morgan fingerprint density at radius 2 is 2.57 bits per heavy atom. The van der Waals surface area contributed by atoms with Crippen LogP contribution in [0.2, 0.25) is 0 Å². The molecule has 1 aliphatic rings. The van der Waals surface area contributed by atoms with E-state index >= 15 is 0 Å². The van der Waals surface area contributed by atoms with Crippen molar-refractivity contribution >= 4 is 0 Å². The van der Waals surface area contributed by atoms with Crippen molar-refractivity contribution < 1.29 is 4.74 Å². The summed E-state index contributed by atoms with van der Waals surface area (Å²) in [7, 11) is 0. The average Bonchev–Trinajstić information content (AvgIpc) is 1.84. The lowest BCUT2D eigenvalue weighted by Gasteiger charge is -2.10. The van der Waals surface area contributed by atoms with Crippen LogP contribution in [0.25, 0.3) is 0 Å². The van der Waals surface area contributed by atoms with E-state index in [4.69, 9.17) is 10.5 Å². The van der Waals surface area contributed by atoms with E-state index in [0.29, 0.717) is 6.61 Å². The molecule has 1 heterocycles. The van der Waals surface area contributed by atoms with Gasteiger partial charge in [-0.05, 0) is 13.0 Å². The molecule has 0 aromatic heterocycles. The van der Waals surface area contributed by atoms with Gasteiger partial charge in [0.15, 0.2) is 0 Å². The SMILES string of the molecule is CC1(N)C=COC1. The van der Waals surface area contributed by atoms with Gasteiger partial charge in [-0.1, -0.05) is 0 Å². The summed E-state index contributed by atoms with van der Waals surface area (Å²) in [6, 6.07) is 0. The third-order valence-corrected chi connectivity index (χ3v) is 0.939. The maximum atomic E-state index is 5.57. The minimum atomic E-state index is -0.208. The van der Waals surface area contributed by atoms with Gasteiger partial charge in [-0.25, -0.2) is 0 Å². The summed E-state index contributed by atoms with van der Waals surface area (Å²) in [5.74, 6) is 0. The zero-order valence-electron chi connectivity index (χ0n) is 4.35. The van der Waals surface area contributed by atoms with Crippen molar-refractivity contribution in [3.8, 4) is 0 Å². The molecule has 1 atom stereocenters. The van der Waals surface area contributed by atoms with Gasteiger partial charge in [0.1, 0.15) is 6.61 Å². The molecule has 7 heavy (non-hydrogen) atoms. The molecular formula is C5H9NO. The molecule has 1 aliphatic heterocycles. The molecule has 1 unspecified atom stereocenters. The molecule has 0 amide bonds. The highest BCUT2D eigenvalue weighted by atomic mass is 16.5. The van der Waals surface area contributed by atoms with Gasteiger partial charge >= 0.3 is 0 Å². The Morgan fingerprint density at radius 3 is 2.71 bits per heavy atom. The van der Waals surface area contributed by atoms with Gasteiger partial charge in [-0.3, -0.25) is 0 Å². The third kappa shape index (κ3) is 0.933. The third-order valence-electron chi connectivity index (χ3n) is 0.939. The topological polar surface area (TPSA) is 35.2 Å². The minimum Gasteiger partial charge on any atom is -0.499 e. The quantitative estimate of drug-likeness (QED) is 0.472. The lowest BCUT2D eigenvalue weighted by atomic mass is 10.1. The highest BCUT2D eigenvalue weighted by Crippen LogP contribution is 2.08. The van der Waals surface area contributed by atoms with Crippen LogP contribution in [-0.2, 0) is 4.74 Å². The van der Waals surface area contributed by atoms with E-state index in [-0.39, 0.29) is 5.54 Å². The van der Waals surface area contributed by atoms with E-state index < -0.39 is 0 Å². The van der Waals surface area contributed by atoms with Crippen LogP contribution in [0.5, 0.6) is 0 Å². The van der Waals surface area contributed by atoms with E-state index in [9.17, 15) is 0 Å². The van der Waals surface area contributed by atoms with Crippen LogP contribution in [0, 0.1) is 0 Å². The maximum Gasteiger partial charge on any atom is 0.109 e. The van der Waals surface area contributed by atoms with Crippen LogP contribution in [0.4, 0.5) is 0 Å². The summed E-state index contributed by atoms with van der Waals surface area (Å²) in [5.41, 5.74) is 5.36. The Hall–Kier alpha value is -0.500. The van der Waals surface area contributed by atoms with Crippen LogP contribution in [-0.4, -0.2) is 12.1 Å². The number of ether oxygens (including phenoxy) is 1. The van der Waals surface area contributed by atoms with Crippen LogP contribution in [0.3, 0.4) is 0 Å². The van der Waals surface area contributed by atoms with Gasteiger partial charge in [-0.2, -0.15) is 0 Å². The summed E-state index contributed by atoms with van der Waals surface area (Å²) >= 11 is 0. The van der Waals surface area contributed by atoms with Gasteiger partial charge < -0.3 is 10.5 Å². The van der Waals surface area contributed by atoms with Crippen LogP contribution >= 0.6 is 0 Å². The van der Waals surface area contributed by atoms with Gasteiger partial charge in [0.05, 0.1) is 11.8 Å². The van der Waals surface area contributed by atoms with Crippen LogP contribution in [0.1, 0.15) is 6.92 Å². The number of rotatable bonds is 0. The van der Waals surface area contributed by atoms with Gasteiger partial charge in [0.25, 0.3) is 0 Å². The fraction of sp³-hybridized carbons (Fsp3) is 0.600. The predicted octanol–water partition coefficient (Wildman–Crippen LogP) is 0.248. The standard InChI is InChI=1S/C5H9NO/c1-5(6)2-3-7-4-5/h2-3H,4,6H2,1H3. The molecule has 2 N–H and O–H groups in total. The molecule has 0 saturated heterocycles. The molecule has 1 rings (SSSR count). The second-order valence-corrected chi connectivity index (χ2v) is 2.12. The highest BCUT2D eigenvalue weighted by molar-refractivity contribution is 5.03. The molecular weight excluding hydrogens is 90.1 g/mol. The molecule has 0 aliphatic carbocycles. The van der Waals surface area contributed by atoms with E-state index in [1.165, 1.54) is 0 Å². The first-order valence-corrected chi connectivity index (χ1v) is 2.29. The van der Waals surface area contributed by atoms with E-state index in [2.05, 4.69) is 0 Å². The molecule has 0 aromatic rings. The van der Waals surface area contributed by atoms with E-state index in [1.54, 1.807) is 6.26 Å². The Labute approximate surface area is 43.0 Å². The lowest BCUT2D eigenvalue weighted by Crippen LogP contribution is -2.35. The smallest absolute Gasteiger partial charge is 0.109 e. The van der Waals surface area contributed by atoms with Crippen molar-refractivity contribution in [3.05, 3.63) is 12.3 Å². The first kappa shape index (κ1) is 4.65. The predicted molar refractivity (Wildman–Crippen MR) is 27.7 cm³/mol. The number of hydrogen-bond acceptors (Lipinski definition) is 2. The highest BCUT2D eigenvalue weighted by Gasteiger charge is 2.18. The van der Waals surface area contributed by atoms with Crippen LogP contribution in [0.15, 0.2) is 12.3 Å². The summed E-state index contributed by atoms with van der Waals surface area (Å²) < 4.78 is 4.85. The molecule has 2 heteroatoms. The molecule has 0 fully saturated rings. The average molecular weight is 99.1 g/mol. The van der Waals surface area contributed by atoms with E-state index in [1.807, 2.05) is 13.0 Å². The monoisotopic (exact) mass is 99.1 g/mol. The molecule has 0 bridgehead atoms. The molecule has 0 aromatic carbocycles. The second-order valence-electron chi connectivity index (χ2n) is 2.12. The summed E-state index contributed by atoms with van der Waals surface area (Å²) in [4.78, 5) is 0. The molecule has 0 spiro atoms. The first-order chi connectivity index (χ1) is 3.21. The van der Waals surface area contributed by atoms with E-state index in [0.717, 1.165) is 0 Å². The number of nitrogens with two attached hydrogens (primary N) is 1. The van der Waals surface area contributed by atoms with Crippen molar-refractivity contribution in [1.82, 2.24) is 0 Å². The molecule has 0 saturated carbocycles. The van der Waals surface area contributed by atoms with Gasteiger partial charge in [-0.15, -0.1) is 0 Å². The van der Waals surface area contributed by atoms with Crippen molar-refractivity contribution in [2.45, 2.75) is 12.5 Å². The zero-order chi connectivity index (χ0) is 5.33. The molecule has 0 radical (unpaired) electrons. The zero-order valence-corrected chi connectivity index (χ0v) is 4.35. The number of hydrogen-bond donors (Lipinski definition) is 1. The van der Waals surface area contributed by atoms with Crippen LogP contribution < -0.4 is 5.73 Å². The molecule has 2 nitrogen and oxygen atoms in total. The fourth-order valence-corrected chi connectivity index (χ4v) is 0.479. The maximum absolute atomic E-state index is 5.57. The second kappa shape index (κ2) is 1.23. The summed E-state index contributed by atoms with van der Waals surface area (Å²) in [6.45, 7) is 2.55. The minimum absolute atomic E-state index is 0.208. The van der Waals surface area contributed by atoms with Crippen molar-refractivity contribution in [2.24, 2.45) is 5.73 Å². The normalized spacial score (nSPS) is 38.6. The molecule has 40 valence electrons. The van der Waals surface area contributed by atoms with Crippen molar-refractivity contribution in [3.63, 3.8) is 0 Å². The summed E-state index contributed by atoms with van der Waals surface area (Å²) in [5, 5.41) is 0. The lowest BCUT2D eigenvalue weighted by molar-refractivity contribution is 0.239. The Morgan fingerprint density at radius 1 is 1.86 bits per heavy atom. The van der Waals surface area contributed by atoms with Gasteiger partial charge in [0, 0.05) is 0 Å². The van der Waals surface area contributed by atoms with Crippen molar-refractivity contribution in [2.75, 3.05) is 6.61 Å². The Kier molecular flexibility index (Phi) is 0.820. The fourth-order valence-electron chi connectivity index (χ4n) is 0.479. The van der Waals surface area contributed by atoms with Gasteiger partial charge in [0.2, 0.25) is 0 Å². The van der Waals surface area contributed by atoms with Crippen molar-refractivity contribution in [1.29, 1.82) is 0 Å². The first-order valence-electron chi connectivity index (χ1n) is 2.29. The Bertz CT molecular complexity index is 96.3. The summed E-state index contributed by atoms with van der Waals surface area (Å²) in [6.07, 6.45) is 3.49. The Balaban J connectivity index is 2.57. The largest absolute Gasteiger partial charge is 0.499 e.